The fourth-order valence-corrected chi connectivity index (χ4v) is 2.60. The lowest BCUT2D eigenvalue weighted by atomic mass is 10.1. The maximum Gasteiger partial charge on any atom is 0.307 e. The van der Waals surface area contributed by atoms with Crippen molar-refractivity contribution in [2.45, 2.75) is 32.1 Å². The molecule has 2 aromatic carbocycles. The van der Waals surface area contributed by atoms with Crippen LogP contribution in [0.4, 0.5) is 0 Å². The standard InChI is InChI=1S/C21H24O6/c22-20(23)14-16-6-4-8-18(12-16)26-10-2-1-3-11-27-19-9-5-7-17(13-19)15-21(24)25/h4-9,12-13H,1-3,10-11,14-15H2,(H,22,23)(H,24,25). The third-order valence-corrected chi connectivity index (χ3v) is 3.83. The van der Waals surface area contributed by atoms with Gasteiger partial charge in [-0.1, -0.05) is 24.3 Å². The summed E-state index contributed by atoms with van der Waals surface area (Å²) in [4.78, 5) is 21.5. The average Bonchev–Trinajstić information content (AvgIpc) is 2.60. The van der Waals surface area contributed by atoms with Gasteiger partial charge in [-0.05, 0) is 54.7 Å². The molecule has 0 bridgehead atoms. The Kier molecular flexibility index (Phi) is 8.16. The minimum absolute atomic E-state index is 0.0117. The van der Waals surface area contributed by atoms with Gasteiger partial charge in [-0.3, -0.25) is 9.59 Å². The zero-order chi connectivity index (χ0) is 19.5. The first-order valence-electron chi connectivity index (χ1n) is 8.90. The van der Waals surface area contributed by atoms with Gasteiger partial charge >= 0.3 is 11.9 Å². The first kappa shape index (κ1) is 20.3. The van der Waals surface area contributed by atoms with Gasteiger partial charge in [0.05, 0.1) is 26.1 Å². The van der Waals surface area contributed by atoms with E-state index in [-0.39, 0.29) is 12.8 Å². The third-order valence-electron chi connectivity index (χ3n) is 3.83. The second kappa shape index (κ2) is 10.9. The molecule has 6 heteroatoms. The number of aliphatic carboxylic acids is 2. The number of ether oxygens (including phenoxy) is 2. The van der Waals surface area contributed by atoms with Gasteiger partial charge in [-0.2, -0.15) is 0 Å². The molecule has 2 rings (SSSR count). The Morgan fingerprint density at radius 1 is 0.704 bits per heavy atom. The summed E-state index contributed by atoms with van der Waals surface area (Å²) in [5, 5.41) is 17.6. The third kappa shape index (κ3) is 8.27. The zero-order valence-electron chi connectivity index (χ0n) is 15.1. The Bertz CT molecular complexity index is 692. The molecule has 144 valence electrons. The van der Waals surface area contributed by atoms with Crippen LogP contribution in [0.1, 0.15) is 30.4 Å². The lowest BCUT2D eigenvalue weighted by molar-refractivity contribution is -0.137. The van der Waals surface area contributed by atoms with Gasteiger partial charge in [0.15, 0.2) is 0 Å². The minimum atomic E-state index is -0.861. The van der Waals surface area contributed by atoms with Gasteiger partial charge in [0.1, 0.15) is 11.5 Å². The summed E-state index contributed by atoms with van der Waals surface area (Å²) in [5.74, 6) is -0.359. The van der Waals surface area contributed by atoms with Crippen molar-refractivity contribution in [1.29, 1.82) is 0 Å². The Morgan fingerprint density at radius 3 is 1.56 bits per heavy atom. The van der Waals surface area contributed by atoms with Crippen LogP contribution in [-0.2, 0) is 22.4 Å². The van der Waals surface area contributed by atoms with Crippen LogP contribution in [0.15, 0.2) is 48.5 Å². The van der Waals surface area contributed by atoms with Crippen LogP contribution in [0, 0.1) is 0 Å². The summed E-state index contributed by atoms with van der Waals surface area (Å²) >= 11 is 0. The molecule has 0 aromatic heterocycles. The van der Waals surface area contributed by atoms with Gasteiger partial charge in [-0.15, -0.1) is 0 Å². The van der Waals surface area contributed by atoms with Crippen LogP contribution >= 0.6 is 0 Å². The van der Waals surface area contributed by atoms with E-state index in [1.165, 1.54) is 0 Å². The zero-order valence-corrected chi connectivity index (χ0v) is 15.1. The number of carboxylic acid groups (broad SMARTS) is 2. The van der Waals surface area contributed by atoms with Crippen LogP contribution in [0.5, 0.6) is 11.5 Å². The SMILES string of the molecule is O=C(O)Cc1cccc(OCCCCCOc2cccc(CC(=O)O)c2)c1. The maximum atomic E-state index is 10.7. The van der Waals surface area contributed by atoms with Crippen molar-refractivity contribution in [3.8, 4) is 11.5 Å². The Morgan fingerprint density at radius 2 is 1.15 bits per heavy atom. The second-order valence-corrected chi connectivity index (χ2v) is 6.19. The quantitative estimate of drug-likeness (QED) is 0.553. The summed E-state index contributed by atoms with van der Waals surface area (Å²) in [5.41, 5.74) is 1.44. The average molecular weight is 372 g/mol. The van der Waals surface area contributed by atoms with E-state index < -0.39 is 11.9 Å². The molecule has 0 radical (unpaired) electrons. The van der Waals surface area contributed by atoms with Crippen LogP contribution in [0.3, 0.4) is 0 Å². The van der Waals surface area contributed by atoms with E-state index in [0.717, 1.165) is 30.4 Å². The first-order chi connectivity index (χ1) is 13.0. The molecule has 0 aliphatic rings. The van der Waals surface area contributed by atoms with Gasteiger partial charge in [0, 0.05) is 0 Å². The summed E-state index contributed by atoms with van der Waals surface area (Å²) in [6.45, 7) is 1.12. The van der Waals surface area contributed by atoms with Gasteiger partial charge in [0.2, 0.25) is 0 Å². The topological polar surface area (TPSA) is 93.1 Å². The summed E-state index contributed by atoms with van der Waals surface area (Å²) < 4.78 is 11.3. The monoisotopic (exact) mass is 372 g/mol. The van der Waals surface area contributed by atoms with Crippen molar-refractivity contribution in [2.75, 3.05) is 13.2 Å². The van der Waals surface area contributed by atoms with Gasteiger partial charge < -0.3 is 19.7 Å². The number of carboxylic acids is 2. The summed E-state index contributed by atoms with van der Waals surface area (Å²) in [7, 11) is 0. The highest BCUT2D eigenvalue weighted by molar-refractivity contribution is 5.70. The molecule has 2 aromatic rings. The smallest absolute Gasteiger partial charge is 0.307 e. The summed E-state index contributed by atoms with van der Waals surface area (Å²) in [6, 6.07) is 14.3. The lowest BCUT2D eigenvalue weighted by Crippen LogP contribution is -2.03. The van der Waals surface area contributed by atoms with Gasteiger partial charge in [-0.25, -0.2) is 0 Å². The van der Waals surface area contributed by atoms with Crippen molar-refractivity contribution >= 4 is 11.9 Å². The van der Waals surface area contributed by atoms with E-state index in [2.05, 4.69) is 0 Å². The van der Waals surface area contributed by atoms with Crippen LogP contribution in [0.2, 0.25) is 0 Å². The number of hydrogen-bond donors (Lipinski definition) is 2. The number of unbranched alkanes of at least 4 members (excludes halogenated alkanes) is 2. The molecular weight excluding hydrogens is 348 g/mol. The first-order valence-corrected chi connectivity index (χ1v) is 8.90. The Balaban J connectivity index is 1.61. The second-order valence-electron chi connectivity index (χ2n) is 6.19. The van der Waals surface area contributed by atoms with Crippen LogP contribution < -0.4 is 9.47 Å². The summed E-state index contributed by atoms with van der Waals surface area (Å²) in [6.07, 6.45) is 2.64. The normalized spacial score (nSPS) is 10.4. The van der Waals surface area contributed by atoms with Crippen molar-refractivity contribution < 1.29 is 29.3 Å². The minimum Gasteiger partial charge on any atom is -0.494 e. The highest BCUT2D eigenvalue weighted by Crippen LogP contribution is 2.16. The van der Waals surface area contributed by atoms with Crippen molar-refractivity contribution in [3.63, 3.8) is 0 Å². The molecular formula is C21H24O6. The Labute approximate surface area is 158 Å². The Hall–Kier alpha value is -3.02. The van der Waals surface area contributed by atoms with E-state index in [9.17, 15) is 9.59 Å². The van der Waals surface area contributed by atoms with E-state index >= 15 is 0 Å². The molecule has 0 fully saturated rings. The number of carbonyl (C=O) groups is 2. The number of hydrogen-bond acceptors (Lipinski definition) is 4. The molecule has 0 saturated carbocycles. The molecule has 0 atom stereocenters. The van der Waals surface area contributed by atoms with Crippen molar-refractivity contribution in [3.05, 3.63) is 59.7 Å². The van der Waals surface area contributed by atoms with Crippen LogP contribution in [-0.4, -0.2) is 35.4 Å². The molecule has 0 spiro atoms. The molecule has 6 nitrogen and oxygen atoms in total. The predicted octanol–water partition coefficient (Wildman–Crippen LogP) is 3.57. The lowest BCUT2D eigenvalue weighted by Gasteiger charge is -2.09. The van der Waals surface area contributed by atoms with Crippen molar-refractivity contribution in [1.82, 2.24) is 0 Å². The molecule has 27 heavy (non-hydrogen) atoms. The predicted molar refractivity (Wildman–Crippen MR) is 100 cm³/mol. The molecule has 0 amide bonds. The van der Waals surface area contributed by atoms with Crippen molar-refractivity contribution in [2.24, 2.45) is 0 Å². The van der Waals surface area contributed by atoms with Crippen LogP contribution in [0.25, 0.3) is 0 Å². The molecule has 0 aliphatic carbocycles. The number of benzene rings is 2. The van der Waals surface area contributed by atoms with E-state index in [4.69, 9.17) is 19.7 Å². The number of rotatable bonds is 12. The fourth-order valence-electron chi connectivity index (χ4n) is 2.60. The van der Waals surface area contributed by atoms with E-state index in [0.29, 0.717) is 24.7 Å². The maximum absolute atomic E-state index is 10.7. The highest BCUT2D eigenvalue weighted by Gasteiger charge is 2.03. The fraction of sp³-hybridized carbons (Fsp3) is 0.333. The van der Waals surface area contributed by atoms with Gasteiger partial charge in [0.25, 0.3) is 0 Å². The van der Waals surface area contributed by atoms with E-state index in [1.807, 2.05) is 12.1 Å². The highest BCUT2D eigenvalue weighted by atomic mass is 16.5. The molecule has 0 heterocycles. The largest absolute Gasteiger partial charge is 0.494 e. The molecule has 0 aliphatic heterocycles. The molecule has 2 N–H and O–H groups in total. The molecule has 0 unspecified atom stereocenters. The van der Waals surface area contributed by atoms with E-state index in [1.54, 1.807) is 36.4 Å². The molecule has 0 saturated heterocycles.